The molecule has 1 amide bonds. The van der Waals surface area contributed by atoms with E-state index in [9.17, 15) is 13.2 Å². The summed E-state index contributed by atoms with van der Waals surface area (Å²) in [4.78, 5) is 12.1. The van der Waals surface area contributed by atoms with Gasteiger partial charge in [-0.15, -0.1) is 0 Å². The normalized spacial score (nSPS) is 11.1. The second-order valence-corrected chi connectivity index (χ2v) is 7.68. The topological polar surface area (TPSA) is 66.5 Å². The number of anilines is 1. The Bertz CT molecular complexity index is 794. The zero-order valence-corrected chi connectivity index (χ0v) is 14.8. The highest BCUT2D eigenvalue weighted by Crippen LogP contribution is 2.21. The Hall–Kier alpha value is -2.05. The minimum atomic E-state index is -3.59. The summed E-state index contributed by atoms with van der Waals surface area (Å²) in [5.41, 5.74) is 1.47. The highest BCUT2D eigenvalue weighted by atomic mass is 35.5. The van der Waals surface area contributed by atoms with Gasteiger partial charge in [0.15, 0.2) is 0 Å². The fraction of sp³-hybridized carbons (Fsp3) is 0.235. The van der Waals surface area contributed by atoms with Crippen LogP contribution in [0.4, 0.5) is 5.69 Å². The molecular weight excluding hydrogens is 348 g/mol. The Morgan fingerprint density at radius 2 is 1.83 bits per heavy atom. The van der Waals surface area contributed by atoms with Crippen molar-refractivity contribution in [3.05, 3.63) is 65.2 Å². The van der Waals surface area contributed by atoms with Gasteiger partial charge in [-0.1, -0.05) is 48.0 Å². The lowest BCUT2D eigenvalue weighted by Crippen LogP contribution is -2.40. The fourth-order valence-electron chi connectivity index (χ4n) is 2.21. The average Bonchev–Trinajstić information content (AvgIpc) is 2.52. The van der Waals surface area contributed by atoms with E-state index in [1.807, 2.05) is 30.3 Å². The van der Waals surface area contributed by atoms with E-state index in [4.69, 9.17) is 11.6 Å². The van der Waals surface area contributed by atoms with Crippen LogP contribution in [0.25, 0.3) is 0 Å². The lowest BCUT2D eigenvalue weighted by Gasteiger charge is -2.22. The number of amides is 1. The van der Waals surface area contributed by atoms with Gasteiger partial charge >= 0.3 is 0 Å². The van der Waals surface area contributed by atoms with Crippen LogP contribution in [0.15, 0.2) is 54.6 Å². The molecule has 0 fully saturated rings. The number of hydrogen-bond acceptors (Lipinski definition) is 3. The predicted octanol–water partition coefficient (Wildman–Crippen LogP) is 2.46. The molecule has 0 bridgehead atoms. The summed E-state index contributed by atoms with van der Waals surface area (Å²) < 4.78 is 25.0. The van der Waals surface area contributed by atoms with Crippen molar-refractivity contribution in [1.82, 2.24) is 5.32 Å². The van der Waals surface area contributed by atoms with Crippen LogP contribution in [-0.4, -0.2) is 33.7 Å². The lowest BCUT2D eigenvalue weighted by molar-refractivity contribution is -0.119. The highest BCUT2D eigenvalue weighted by Gasteiger charge is 2.20. The van der Waals surface area contributed by atoms with Gasteiger partial charge in [-0.3, -0.25) is 9.10 Å². The predicted molar refractivity (Wildman–Crippen MR) is 96.8 cm³/mol. The van der Waals surface area contributed by atoms with Gasteiger partial charge in [-0.05, 0) is 30.2 Å². The monoisotopic (exact) mass is 366 g/mol. The van der Waals surface area contributed by atoms with Crippen molar-refractivity contribution in [2.45, 2.75) is 6.42 Å². The quantitative estimate of drug-likeness (QED) is 0.818. The number of nitrogens with zero attached hydrogens (tertiary/aromatic N) is 1. The van der Waals surface area contributed by atoms with Crippen LogP contribution in [0.1, 0.15) is 5.56 Å². The molecule has 2 aromatic carbocycles. The molecule has 0 aliphatic heterocycles. The standard InChI is InChI=1S/C17H19ClN2O3S/c1-24(22,23)20(16-9-5-8-15(18)12-16)13-17(21)19-11-10-14-6-3-2-4-7-14/h2-9,12H,10-11,13H2,1H3,(H,19,21). The molecule has 0 aliphatic carbocycles. The number of halogens is 1. The van der Waals surface area contributed by atoms with E-state index in [2.05, 4.69) is 5.32 Å². The number of sulfonamides is 1. The van der Waals surface area contributed by atoms with Crippen molar-refractivity contribution in [3.63, 3.8) is 0 Å². The summed E-state index contributed by atoms with van der Waals surface area (Å²) in [7, 11) is -3.59. The first-order valence-electron chi connectivity index (χ1n) is 7.40. The second kappa shape index (κ2) is 8.17. The van der Waals surface area contributed by atoms with E-state index in [1.54, 1.807) is 18.2 Å². The van der Waals surface area contributed by atoms with Crippen molar-refractivity contribution in [2.24, 2.45) is 0 Å². The third-order valence-corrected chi connectivity index (χ3v) is 4.74. The molecule has 0 aromatic heterocycles. The van der Waals surface area contributed by atoms with Gasteiger partial charge in [-0.25, -0.2) is 8.42 Å². The zero-order chi connectivity index (χ0) is 17.6. The fourth-order valence-corrected chi connectivity index (χ4v) is 3.24. The molecule has 0 heterocycles. The van der Waals surface area contributed by atoms with Crippen molar-refractivity contribution in [1.29, 1.82) is 0 Å². The molecule has 0 radical (unpaired) electrons. The van der Waals surface area contributed by atoms with Crippen molar-refractivity contribution in [3.8, 4) is 0 Å². The summed E-state index contributed by atoms with van der Waals surface area (Å²) >= 11 is 5.90. The molecule has 5 nitrogen and oxygen atoms in total. The van der Waals surface area contributed by atoms with Crippen LogP contribution >= 0.6 is 11.6 Å². The number of carbonyl (C=O) groups excluding carboxylic acids is 1. The van der Waals surface area contributed by atoms with Crippen LogP contribution in [0.3, 0.4) is 0 Å². The van der Waals surface area contributed by atoms with Crippen LogP contribution in [0, 0.1) is 0 Å². The highest BCUT2D eigenvalue weighted by molar-refractivity contribution is 7.92. The molecule has 2 rings (SSSR count). The molecule has 0 saturated carbocycles. The molecule has 1 N–H and O–H groups in total. The molecular formula is C17H19ClN2O3S. The summed E-state index contributed by atoms with van der Waals surface area (Å²) in [6.07, 6.45) is 1.74. The minimum absolute atomic E-state index is 0.284. The van der Waals surface area contributed by atoms with Crippen molar-refractivity contribution in [2.75, 3.05) is 23.7 Å². The molecule has 128 valence electrons. The Morgan fingerprint density at radius 3 is 2.46 bits per heavy atom. The molecule has 0 saturated heterocycles. The van der Waals surface area contributed by atoms with Gasteiger partial charge in [0, 0.05) is 11.6 Å². The number of rotatable bonds is 7. The number of hydrogen-bond donors (Lipinski definition) is 1. The Balaban J connectivity index is 1.98. The van der Waals surface area contributed by atoms with Crippen LogP contribution in [-0.2, 0) is 21.2 Å². The Morgan fingerprint density at radius 1 is 1.12 bits per heavy atom. The number of benzene rings is 2. The lowest BCUT2D eigenvalue weighted by atomic mass is 10.1. The largest absolute Gasteiger partial charge is 0.354 e. The Kier molecular flexibility index (Phi) is 6.23. The van der Waals surface area contributed by atoms with E-state index >= 15 is 0 Å². The molecule has 0 unspecified atom stereocenters. The first kappa shape index (κ1) is 18.3. The molecule has 2 aromatic rings. The molecule has 24 heavy (non-hydrogen) atoms. The van der Waals surface area contributed by atoms with E-state index in [0.29, 0.717) is 23.7 Å². The maximum Gasteiger partial charge on any atom is 0.240 e. The van der Waals surface area contributed by atoms with Gasteiger partial charge in [0.05, 0.1) is 11.9 Å². The van der Waals surface area contributed by atoms with E-state index in [1.165, 1.54) is 6.07 Å². The summed E-state index contributed by atoms with van der Waals surface area (Å²) in [6, 6.07) is 16.1. The third kappa shape index (κ3) is 5.54. The van der Waals surface area contributed by atoms with Crippen LogP contribution in [0.5, 0.6) is 0 Å². The molecule has 0 aliphatic rings. The number of nitrogens with one attached hydrogen (secondary N) is 1. The summed E-state index contributed by atoms with van der Waals surface area (Å²) in [5.74, 6) is -0.365. The second-order valence-electron chi connectivity index (χ2n) is 5.34. The van der Waals surface area contributed by atoms with E-state index in [0.717, 1.165) is 16.1 Å². The minimum Gasteiger partial charge on any atom is -0.354 e. The van der Waals surface area contributed by atoms with Gasteiger partial charge < -0.3 is 5.32 Å². The maximum absolute atomic E-state index is 12.1. The average molecular weight is 367 g/mol. The number of carbonyl (C=O) groups is 1. The van der Waals surface area contributed by atoms with E-state index in [-0.39, 0.29) is 12.5 Å². The van der Waals surface area contributed by atoms with E-state index < -0.39 is 10.0 Å². The first-order chi connectivity index (χ1) is 11.4. The molecule has 7 heteroatoms. The maximum atomic E-state index is 12.1. The van der Waals surface area contributed by atoms with Crippen molar-refractivity contribution < 1.29 is 13.2 Å². The summed E-state index contributed by atoms with van der Waals surface area (Å²) in [5, 5.41) is 3.15. The molecule has 0 spiro atoms. The van der Waals surface area contributed by atoms with Gasteiger partial charge in [0.1, 0.15) is 6.54 Å². The SMILES string of the molecule is CS(=O)(=O)N(CC(=O)NCCc1ccccc1)c1cccc(Cl)c1. The first-order valence-corrected chi connectivity index (χ1v) is 9.63. The Labute approximate surface area is 147 Å². The van der Waals surface area contributed by atoms with Crippen LogP contribution < -0.4 is 9.62 Å². The van der Waals surface area contributed by atoms with Gasteiger partial charge in [-0.2, -0.15) is 0 Å². The van der Waals surface area contributed by atoms with Crippen molar-refractivity contribution >= 4 is 33.2 Å². The van der Waals surface area contributed by atoms with Gasteiger partial charge in [0.25, 0.3) is 0 Å². The third-order valence-electron chi connectivity index (χ3n) is 3.36. The smallest absolute Gasteiger partial charge is 0.240 e. The molecule has 0 atom stereocenters. The van der Waals surface area contributed by atoms with Gasteiger partial charge in [0.2, 0.25) is 15.9 Å². The zero-order valence-electron chi connectivity index (χ0n) is 13.3. The van der Waals surface area contributed by atoms with Crippen LogP contribution in [0.2, 0.25) is 5.02 Å². The summed E-state index contributed by atoms with van der Waals surface area (Å²) in [6.45, 7) is 0.157.